The van der Waals surface area contributed by atoms with E-state index in [1.165, 1.54) is 0 Å². The van der Waals surface area contributed by atoms with Crippen LogP contribution in [-0.4, -0.2) is 16.2 Å². The van der Waals surface area contributed by atoms with Gasteiger partial charge in [-0.1, -0.05) is 42.1 Å². The minimum atomic E-state index is -0.285. The summed E-state index contributed by atoms with van der Waals surface area (Å²) in [4.78, 5) is 10.2. The Morgan fingerprint density at radius 1 is 1.47 bits per heavy atom. The van der Waals surface area contributed by atoms with Crippen molar-refractivity contribution in [3.05, 3.63) is 35.9 Å². The molecule has 15 heavy (non-hydrogen) atoms. The normalized spacial score (nSPS) is 24.5. The Hall–Kier alpha value is -1.29. The van der Waals surface area contributed by atoms with Gasteiger partial charge in [-0.2, -0.15) is 5.10 Å². The number of thioether (sulfide) groups is 1. The van der Waals surface area contributed by atoms with Crippen molar-refractivity contribution < 1.29 is 4.79 Å². The summed E-state index contributed by atoms with van der Waals surface area (Å²) >= 11 is 1.60. The standard InChI is InChI=1S/C11H12N2OS/c1-11(7-8-14)13-12-10(15-11)9-5-3-2-4-6-9/h2-6,8,13H,7H2,1H3. The molecule has 1 aromatic rings. The van der Waals surface area contributed by atoms with Crippen LogP contribution >= 0.6 is 11.8 Å². The highest BCUT2D eigenvalue weighted by Crippen LogP contribution is 2.33. The van der Waals surface area contributed by atoms with Gasteiger partial charge in [-0.3, -0.25) is 5.43 Å². The molecule has 1 N–H and O–H groups in total. The summed E-state index contributed by atoms with van der Waals surface area (Å²) in [5.74, 6) is 0. The van der Waals surface area contributed by atoms with E-state index in [1.807, 2.05) is 37.3 Å². The van der Waals surface area contributed by atoms with Crippen molar-refractivity contribution in [1.82, 2.24) is 5.43 Å². The van der Waals surface area contributed by atoms with Crippen LogP contribution in [0.2, 0.25) is 0 Å². The van der Waals surface area contributed by atoms with Crippen molar-refractivity contribution in [2.45, 2.75) is 18.2 Å². The average Bonchev–Trinajstić information content (AvgIpc) is 2.63. The van der Waals surface area contributed by atoms with E-state index in [-0.39, 0.29) is 4.87 Å². The number of hydrogen-bond donors (Lipinski definition) is 1. The Kier molecular flexibility index (Phi) is 2.77. The second kappa shape index (κ2) is 4.06. The number of aldehydes is 1. The molecule has 78 valence electrons. The second-order valence-electron chi connectivity index (χ2n) is 3.60. The summed E-state index contributed by atoms with van der Waals surface area (Å²) in [7, 11) is 0. The molecule has 0 fully saturated rings. The molecular formula is C11H12N2OS. The van der Waals surface area contributed by atoms with E-state index in [0.29, 0.717) is 6.42 Å². The predicted molar refractivity (Wildman–Crippen MR) is 62.8 cm³/mol. The minimum Gasteiger partial charge on any atom is -0.303 e. The molecule has 3 nitrogen and oxygen atoms in total. The van der Waals surface area contributed by atoms with Crippen molar-refractivity contribution in [2.24, 2.45) is 5.10 Å². The molecule has 2 rings (SSSR count). The van der Waals surface area contributed by atoms with Gasteiger partial charge in [0.05, 0.1) is 0 Å². The van der Waals surface area contributed by atoms with Gasteiger partial charge in [0.25, 0.3) is 0 Å². The van der Waals surface area contributed by atoms with Crippen LogP contribution < -0.4 is 5.43 Å². The molecule has 0 amide bonds. The Bertz CT molecular complexity index is 391. The third-order valence-electron chi connectivity index (χ3n) is 2.21. The fourth-order valence-electron chi connectivity index (χ4n) is 1.38. The molecular weight excluding hydrogens is 208 g/mol. The predicted octanol–water partition coefficient (Wildman–Crippen LogP) is 1.99. The summed E-state index contributed by atoms with van der Waals surface area (Å²) in [5, 5.41) is 5.19. The third kappa shape index (κ3) is 2.21. The maximum atomic E-state index is 10.5. The summed E-state index contributed by atoms with van der Waals surface area (Å²) in [6, 6.07) is 9.96. The first kappa shape index (κ1) is 10.2. The SMILES string of the molecule is CC1(CC=O)NN=C(c2ccccc2)S1. The summed E-state index contributed by atoms with van der Waals surface area (Å²) in [6.07, 6.45) is 1.38. The van der Waals surface area contributed by atoms with Crippen LogP contribution in [0.15, 0.2) is 35.4 Å². The number of carbonyl (C=O) groups excluding carboxylic acids is 1. The van der Waals surface area contributed by atoms with Crippen LogP contribution in [0.1, 0.15) is 18.9 Å². The molecule has 1 atom stereocenters. The molecule has 0 aromatic heterocycles. The first-order chi connectivity index (χ1) is 7.23. The maximum Gasteiger partial charge on any atom is 0.126 e. The highest BCUT2D eigenvalue weighted by molar-refractivity contribution is 8.15. The van der Waals surface area contributed by atoms with E-state index in [9.17, 15) is 4.79 Å². The van der Waals surface area contributed by atoms with Crippen molar-refractivity contribution >= 4 is 23.1 Å². The molecule has 1 aliphatic rings. The molecule has 0 aliphatic carbocycles. The molecule has 0 radical (unpaired) electrons. The molecule has 1 unspecified atom stereocenters. The van der Waals surface area contributed by atoms with E-state index in [0.717, 1.165) is 16.9 Å². The van der Waals surface area contributed by atoms with Crippen LogP contribution in [0, 0.1) is 0 Å². The maximum absolute atomic E-state index is 10.5. The molecule has 1 aliphatic heterocycles. The number of benzene rings is 1. The molecule has 0 saturated carbocycles. The fraction of sp³-hybridized carbons (Fsp3) is 0.273. The lowest BCUT2D eigenvalue weighted by molar-refractivity contribution is -0.108. The zero-order chi connectivity index (χ0) is 10.7. The van der Waals surface area contributed by atoms with Crippen LogP contribution in [-0.2, 0) is 4.79 Å². The number of nitrogens with one attached hydrogen (secondary N) is 1. The topological polar surface area (TPSA) is 41.5 Å². The summed E-state index contributed by atoms with van der Waals surface area (Å²) < 4.78 is 0. The lowest BCUT2D eigenvalue weighted by Crippen LogP contribution is -2.31. The minimum absolute atomic E-state index is 0.285. The van der Waals surface area contributed by atoms with E-state index in [2.05, 4.69) is 10.5 Å². The first-order valence-corrected chi connectivity index (χ1v) is 5.58. The van der Waals surface area contributed by atoms with Gasteiger partial charge in [0, 0.05) is 12.0 Å². The van der Waals surface area contributed by atoms with E-state index >= 15 is 0 Å². The van der Waals surface area contributed by atoms with Crippen molar-refractivity contribution in [2.75, 3.05) is 0 Å². The van der Waals surface area contributed by atoms with Gasteiger partial charge >= 0.3 is 0 Å². The van der Waals surface area contributed by atoms with Crippen LogP contribution in [0.3, 0.4) is 0 Å². The number of hydrazone groups is 1. The van der Waals surface area contributed by atoms with E-state index < -0.39 is 0 Å². The monoisotopic (exact) mass is 220 g/mol. The Morgan fingerprint density at radius 2 is 2.20 bits per heavy atom. The van der Waals surface area contributed by atoms with Gasteiger partial charge in [-0.05, 0) is 6.92 Å². The molecule has 0 spiro atoms. The van der Waals surface area contributed by atoms with Gasteiger partial charge in [-0.25, -0.2) is 0 Å². The van der Waals surface area contributed by atoms with Crippen LogP contribution in [0.25, 0.3) is 0 Å². The van der Waals surface area contributed by atoms with Crippen LogP contribution in [0.5, 0.6) is 0 Å². The lowest BCUT2D eigenvalue weighted by Gasteiger charge is -2.18. The van der Waals surface area contributed by atoms with E-state index in [4.69, 9.17) is 0 Å². The summed E-state index contributed by atoms with van der Waals surface area (Å²) in [6.45, 7) is 1.98. The van der Waals surface area contributed by atoms with Gasteiger partial charge in [0.15, 0.2) is 0 Å². The van der Waals surface area contributed by atoms with Gasteiger partial charge < -0.3 is 4.79 Å². The largest absolute Gasteiger partial charge is 0.303 e. The first-order valence-electron chi connectivity index (χ1n) is 4.76. The second-order valence-corrected chi connectivity index (χ2v) is 5.09. The van der Waals surface area contributed by atoms with E-state index in [1.54, 1.807) is 11.8 Å². The fourth-order valence-corrected chi connectivity index (χ4v) is 2.39. The smallest absolute Gasteiger partial charge is 0.126 e. The average molecular weight is 220 g/mol. The summed E-state index contributed by atoms with van der Waals surface area (Å²) in [5.41, 5.74) is 4.09. The number of rotatable bonds is 3. The van der Waals surface area contributed by atoms with Crippen molar-refractivity contribution in [1.29, 1.82) is 0 Å². The van der Waals surface area contributed by atoms with Gasteiger partial charge in [-0.15, -0.1) is 0 Å². The Balaban J connectivity index is 2.13. The third-order valence-corrected chi connectivity index (χ3v) is 3.44. The van der Waals surface area contributed by atoms with Crippen molar-refractivity contribution in [3.8, 4) is 0 Å². The van der Waals surface area contributed by atoms with Crippen molar-refractivity contribution in [3.63, 3.8) is 0 Å². The molecule has 1 aromatic carbocycles. The Labute approximate surface area is 93.0 Å². The number of hydrogen-bond acceptors (Lipinski definition) is 4. The van der Waals surface area contributed by atoms with Crippen LogP contribution in [0.4, 0.5) is 0 Å². The number of nitrogens with zero attached hydrogens (tertiary/aromatic N) is 1. The highest BCUT2D eigenvalue weighted by atomic mass is 32.2. The zero-order valence-corrected chi connectivity index (χ0v) is 9.25. The highest BCUT2D eigenvalue weighted by Gasteiger charge is 2.31. The van der Waals surface area contributed by atoms with Gasteiger partial charge in [0.1, 0.15) is 16.2 Å². The molecule has 0 saturated heterocycles. The quantitative estimate of drug-likeness (QED) is 0.792. The molecule has 1 heterocycles. The zero-order valence-electron chi connectivity index (χ0n) is 8.43. The van der Waals surface area contributed by atoms with Gasteiger partial charge in [0.2, 0.25) is 0 Å². The Morgan fingerprint density at radius 3 is 2.87 bits per heavy atom. The molecule has 4 heteroatoms. The lowest BCUT2D eigenvalue weighted by atomic mass is 10.2. The molecule has 0 bridgehead atoms. The number of carbonyl (C=O) groups is 1.